The zero-order chi connectivity index (χ0) is 15.2. The molecule has 21 heavy (non-hydrogen) atoms. The van der Waals surface area contributed by atoms with Crippen molar-refractivity contribution in [3.63, 3.8) is 0 Å². The molecule has 112 valence electrons. The molecule has 0 bridgehead atoms. The van der Waals surface area contributed by atoms with Crippen LogP contribution in [0, 0.1) is 5.82 Å². The van der Waals surface area contributed by atoms with E-state index in [9.17, 15) is 4.39 Å². The number of rotatable bonds is 6. The lowest BCUT2D eigenvalue weighted by atomic mass is 9.97. The predicted molar refractivity (Wildman–Crippen MR) is 84.0 cm³/mol. The minimum absolute atomic E-state index is 0.255. The van der Waals surface area contributed by atoms with Gasteiger partial charge in [0.2, 0.25) is 0 Å². The third-order valence-corrected chi connectivity index (χ3v) is 3.79. The van der Waals surface area contributed by atoms with Crippen LogP contribution >= 0.6 is 0 Å². The fourth-order valence-corrected chi connectivity index (χ4v) is 2.30. The first-order valence-electron chi connectivity index (χ1n) is 7.36. The summed E-state index contributed by atoms with van der Waals surface area (Å²) in [6.07, 6.45) is 0.778. The van der Waals surface area contributed by atoms with Gasteiger partial charge in [-0.05, 0) is 41.7 Å². The lowest BCUT2D eigenvalue weighted by Crippen LogP contribution is -2.19. The van der Waals surface area contributed by atoms with Crippen molar-refractivity contribution < 1.29 is 9.13 Å². The highest BCUT2D eigenvalue weighted by Gasteiger charge is 2.15. The summed E-state index contributed by atoms with van der Waals surface area (Å²) in [6, 6.07) is 14.3. The number of benzene rings is 2. The SMILES string of the molecule is CCC(C)c1ccccc1OC(CN)c1ccc(F)cc1. The van der Waals surface area contributed by atoms with Crippen LogP contribution in [-0.2, 0) is 0 Å². The minimum Gasteiger partial charge on any atom is -0.484 e. The molecule has 2 nitrogen and oxygen atoms in total. The average Bonchev–Trinajstić information content (AvgIpc) is 2.53. The second kappa shape index (κ2) is 7.23. The van der Waals surface area contributed by atoms with Gasteiger partial charge in [0.15, 0.2) is 0 Å². The van der Waals surface area contributed by atoms with E-state index in [0.717, 1.165) is 17.7 Å². The largest absolute Gasteiger partial charge is 0.484 e. The molecule has 0 aliphatic carbocycles. The lowest BCUT2D eigenvalue weighted by molar-refractivity contribution is 0.211. The van der Waals surface area contributed by atoms with Gasteiger partial charge in [-0.3, -0.25) is 0 Å². The van der Waals surface area contributed by atoms with Crippen molar-refractivity contribution in [1.82, 2.24) is 0 Å². The normalized spacial score (nSPS) is 13.7. The first-order valence-corrected chi connectivity index (χ1v) is 7.36. The Labute approximate surface area is 125 Å². The average molecular weight is 287 g/mol. The Hall–Kier alpha value is -1.87. The van der Waals surface area contributed by atoms with Crippen molar-refractivity contribution in [3.8, 4) is 5.75 Å². The van der Waals surface area contributed by atoms with Crippen LogP contribution in [0.5, 0.6) is 5.75 Å². The second-order valence-corrected chi connectivity index (χ2v) is 5.24. The molecule has 0 radical (unpaired) electrons. The molecule has 2 aromatic carbocycles. The smallest absolute Gasteiger partial charge is 0.136 e. The molecule has 0 aromatic heterocycles. The molecular formula is C18H22FNO. The summed E-state index contributed by atoms with van der Waals surface area (Å²) in [5.41, 5.74) is 7.90. The quantitative estimate of drug-likeness (QED) is 0.853. The highest BCUT2D eigenvalue weighted by atomic mass is 19.1. The van der Waals surface area contributed by atoms with Crippen molar-refractivity contribution in [2.75, 3.05) is 6.54 Å². The molecule has 0 saturated heterocycles. The van der Waals surface area contributed by atoms with Gasteiger partial charge in [0.25, 0.3) is 0 Å². The molecule has 2 rings (SSSR count). The molecule has 0 aliphatic rings. The van der Waals surface area contributed by atoms with Crippen molar-refractivity contribution >= 4 is 0 Å². The summed E-state index contributed by atoms with van der Waals surface area (Å²) in [5, 5.41) is 0. The van der Waals surface area contributed by atoms with Crippen molar-refractivity contribution in [3.05, 3.63) is 65.5 Å². The maximum atomic E-state index is 13.0. The van der Waals surface area contributed by atoms with Crippen LogP contribution in [0.15, 0.2) is 48.5 Å². The molecule has 0 saturated carbocycles. The first-order chi connectivity index (χ1) is 10.2. The van der Waals surface area contributed by atoms with E-state index in [2.05, 4.69) is 19.9 Å². The Morgan fingerprint density at radius 1 is 1.10 bits per heavy atom. The van der Waals surface area contributed by atoms with E-state index in [1.807, 2.05) is 18.2 Å². The molecular weight excluding hydrogens is 265 g/mol. The predicted octanol–water partition coefficient (Wildman–Crippen LogP) is 4.42. The monoisotopic (exact) mass is 287 g/mol. The topological polar surface area (TPSA) is 35.2 Å². The standard InChI is InChI=1S/C18H22FNO/c1-3-13(2)16-6-4-5-7-17(16)21-18(12-20)14-8-10-15(19)11-9-14/h4-11,13,18H,3,12,20H2,1-2H3. The summed E-state index contributed by atoms with van der Waals surface area (Å²) in [7, 11) is 0. The summed E-state index contributed by atoms with van der Waals surface area (Å²) < 4.78 is 19.1. The van der Waals surface area contributed by atoms with Gasteiger partial charge in [-0.1, -0.05) is 44.2 Å². The zero-order valence-corrected chi connectivity index (χ0v) is 12.6. The van der Waals surface area contributed by atoms with E-state index >= 15 is 0 Å². The third-order valence-electron chi connectivity index (χ3n) is 3.79. The highest BCUT2D eigenvalue weighted by Crippen LogP contribution is 2.31. The van der Waals surface area contributed by atoms with Crippen LogP contribution in [0.2, 0.25) is 0 Å². The van der Waals surface area contributed by atoms with Crippen molar-refractivity contribution in [2.45, 2.75) is 32.3 Å². The lowest BCUT2D eigenvalue weighted by Gasteiger charge is -2.22. The van der Waals surface area contributed by atoms with Crippen molar-refractivity contribution in [2.24, 2.45) is 5.73 Å². The van der Waals surface area contributed by atoms with Gasteiger partial charge in [0.1, 0.15) is 17.7 Å². The molecule has 0 amide bonds. The fourth-order valence-electron chi connectivity index (χ4n) is 2.30. The van der Waals surface area contributed by atoms with Crippen molar-refractivity contribution in [1.29, 1.82) is 0 Å². The van der Waals surface area contributed by atoms with Crippen LogP contribution in [0.3, 0.4) is 0 Å². The Bertz CT molecular complexity index is 568. The van der Waals surface area contributed by atoms with Crippen LogP contribution in [0.1, 0.15) is 43.4 Å². The van der Waals surface area contributed by atoms with E-state index in [0.29, 0.717) is 12.5 Å². The van der Waals surface area contributed by atoms with Gasteiger partial charge in [0, 0.05) is 6.54 Å². The van der Waals surface area contributed by atoms with Gasteiger partial charge in [0.05, 0.1) is 0 Å². The van der Waals surface area contributed by atoms with Crippen LogP contribution < -0.4 is 10.5 Å². The molecule has 0 aliphatic heterocycles. The Morgan fingerprint density at radius 2 is 1.76 bits per heavy atom. The Kier molecular flexibility index (Phi) is 5.34. The molecule has 2 unspecified atom stereocenters. The first kappa shape index (κ1) is 15.5. The van der Waals surface area contributed by atoms with Crippen LogP contribution in [0.25, 0.3) is 0 Å². The maximum Gasteiger partial charge on any atom is 0.136 e. The second-order valence-electron chi connectivity index (χ2n) is 5.24. The van der Waals surface area contributed by atoms with E-state index in [1.54, 1.807) is 12.1 Å². The number of hydrogen-bond donors (Lipinski definition) is 1. The van der Waals surface area contributed by atoms with Gasteiger partial charge < -0.3 is 10.5 Å². The molecule has 0 heterocycles. The molecule has 2 N–H and O–H groups in total. The van der Waals surface area contributed by atoms with Gasteiger partial charge in [-0.25, -0.2) is 4.39 Å². The summed E-state index contributed by atoms with van der Waals surface area (Å²) in [5.74, 6) is 1.02. The molecule has 2 aromatic rings. The summed E-state index contributed by atoms with van der Waals surface area (Å²) in [4.78, 5) is 0. The molecule has 2 atom stereocenters. The molecule has 0 fully saturated rings. The van der Waals surface area contributed by atoms with E-state index in [1.165, 1.54) is 17.7 Å². The molecule has 0 spiro atoms. The number of nitrogens with two attached hydrogens (primary N) is 1. The van der Waals surface area contributed by atoms with Gasteiger partial charge in [-0.2, -0.15) is 0 Å². The fraction of sp³-hybridized carbons (Fsp3) is 0.333. The van der Waals surface area contributed by atoms with E-state index < -0.39 is 0 Å². The van der Waals surface area contributed by atoms with Gasteiger partial charge >= 0.3 is 0 Å². The molecule has 3 heteroatoms. The van der Waals surface area contributed by atoms with Gasteiger partial charge in [-0.15, -0.1) is 0 Å². The maximum absolute atomic E-state index is 13.0. The van der Waals surface area contributed by atoms with Crippen LogP contribution in [0.4, 0.5) is 4.39 Å². The van der Waals surface area contributed by atoms with E-state index in [4.69, 9.17) is 10.5 Å². The Morgan fingerprint density at radius 3 is 2.38 bits per heavy atom. The van der Waals surface area contributed by atoms with E-state index in [-0.39, 0.29) is 11.9 Å². The number of hydrogen-bond acceptors (Lipinski definition) is 2. The highest BCUT2D eigenvalue weighted by molar-refractivity contribution is 5.36. The third kappa shape index (κ3) is 3.82. The number of halogens is 1. The minimum atomic E-state index is -0.268. The number of para-hydroxylation sites is 1. The zero-order valence-electron chi connectivity index (χ0n) is 12.6. The summed E-state index contributed by atoms with van der Waals surface area (Å²) >= 11 is 0. The Balaban J connectivity index is 2.24. The number of ether oxygens (including phenoxy) is 1. The summed E-state index contributed by atoms with van der Waals surface area (Å²) in [6.45, 7) is 4.68. The van der Waals surface area contributed by atoms with Crippen LogP contribution in [-0.4, -0.2) is 6.54 Å².